The first-order valence-electron chi connectivity index (χ1n) is 9.89. The first-order chi connectivity index (χ1) is 15.7. The number of methoxy groups -OCH3 is 1. The number of hydrogen-bond acceptors (Lipinski definition) is 4. The second-order valence-corrected chi connectivity index (χ2v) is 8.84. The second-order valence-electron chi connectivity index (χ2n) is 7.56. The average Bonchev–Trinajstić information content (AvgIpc) is 3.03. The van der Waals surface area contributed by atoms with Crippen molar-refractivity contribution in [3.63, 3.8) is 0 Å². The summed E-state index contributed by atoms with van der Waals surface area (Å²) < 4.78 is 5.23. The first kappa shape index (κ1) is 23.2. The molecule has 5 nitrogen and oxygen atoms in total. The number of anilines is 1. The van der Waals surface area contributed by atoms with E-state index in [9.17, 15) is 14.7 Å². The van der Waals surface area contributed by atoms with E-state index in [0.717, 1.165) is 5.56 Å². The highest BCUT2D eigenvalue weighted by molar-refractivity contribution is 6.52. The molecule has 0 aliphatic carbocycles. The number of amides is 1. The van der Waals surface area contributed by atoms with E-state index in [2.05, 4.69) is 0 Å². The Bertz CT molecular complexity index is 1300. The van der Waals surface area contributed by atoms with Crippen molar-refractivity contribution in [1.82, 2.24) is 0 Å². The SMILES string of the molecule is COc1ccc(Cl)c(/C(O)=C2\C(=O)C(=O)N(c3cc(Cl)cc(Cl)c3)C2c2cccc(C)c2)c1. The number of benzene rings is 3. The fourth-order valence-corrected chi connectivity index (χ4v) is 4.61. The summed E-state index contributed by atoms with van der Waals surface area (Å²) in [4.78, 5) is 27.8. The van der Waals surface area contributed by atoms with Crippen LogP contribution in [0.4, 0.5) is 5.69 Å². The smallest absolute Gasteiger partial charge is 0.300 e. The average molecular weight is 503 g/mol. The normalized spacial score (nSPS) is 17.5. The lowest BCUT2D eigenvalue weighted by molar-refractivity contribution is -0.132. The van der Waals surface area contributed by atoms with Gasteiger partial charge in [-0.25, -0.2) is 0 Å². The molecule has 1 amide bonds. The number of Topliss-reactive ketones (excluding diaryl/α,β-unsaturated/α-hetero) is 1. The quantitative estimate of drug-likeness (QED) is 0.248. The number of aliphatic hydroxyl groups excluding tert-OH is 1. The predicted octanol–water partition coefficient (Wildman–Crippen LogP) is 6.59. The Morgan fingerprint density at radius 2 is 1.67 bits per heavy atom. The monoisotopic (exact) mass is 501 g/mol. The van der Waals surface area contributed by atoms with Gasteiger partial charge in [0.1, 0.15) is 11.5 Å². The molecule has 3 aromatic rings. The Balaban J connectivity index is 2.00. The van der Waals surface area contributed by atoms with Gasteiger partial charge in [0.15, 0.2) is 0 Å². The molecule has 1 aliphatic heterocycles. The van der Waals surface area contributed by atoms with Gasteiger partial charge < -0.3 is 9.84 Å². The van der Waals surface area contributed by atoms with E-state index in [1.54, 1.807) is 30.3 Å². The summed E-state index contributed by atoms with van der Waals surface area (Å²) in [5.41, 5.74) is 1.96. The lowest BCUT2D eigenvalue weighted by atomic mass is 9.94. The minimum Gasteiger partial charge on any atom is -0.507 e. The molecule has 0 spiro atoms. The van der Waals surface area contributed by atoms with Gasteiger partial charge in [-0.05, 0) is 48.9 Å². The molecule has 0 aromatic heterocycles. The fourth-order valence-electron chi connectivity index (χ4n) is 3.89. The van der Waals surface area contributed by atoms with Gasteiger partial charge in [-0.2, -0.15) is 0 Å². The van der Waals surface area contributed by atoms with Crippen molar-refractivity contribution in [2.75, 3.05) is 12.0 Å². The van der Waals surface area contributed by atoms with Crippen LogP contribution in [0, 0.1) is 6.92 Å². The standard InChI is InChI=1S/C25H18Cl3NO4/c1-13-4-3-5-14(8-13)22-21(23(30)19-12-18(33-2)6-7-20(19)28)24(31)25(32)29(22)17-10-15(26)9-16(27)11-17/h3-12,22,30H,1-2H3/b23-21+. The number of ether oxygens (including phenoxy) is 1. The van der Waals surface area contributed by atoms with Crippen LogP contribution in [0.2, 0.25) is 15.1 Å². The van der Waals surface area contributed by atoms with Crippen molar-refractivity contribution < 1.29 is 19.4 Å². The molecule has 0 saturated carbocycles. The van der Waals surface area contributed by atoms with Gasteiger partial charge in [0, 0.05) is 21.3 Å². The third kappa shape index (κ3) is 4.32. The number of carbonyl (C=O) groups is 2. The van der Waals surface area contributed by atoms with Crippen LogP contribution in [-0.2, 0) is 9.59 Å². The summed E-state index contributed by atoms with van der Waals surface area (Å²) >= 11 is 18.7. The van der Waals surface area contributed by atoms with E-state index in [0.29, 0.717) is 27.0 Å². The molecule has 0 bridgehead atoms. The molecule has 1 atom stereocenters. The molecule has 33 heavy (non-hydrogen) atoms. The number of aliphatic hydroxyl groups is 1. The highest BCUT2D eigenvalue weighted by Crippen LogP contribution is 2.44. The van der Waals surface area contributed by atoms with Crippen LogP contribution in [-0.4, -0.2) is 23.9 Å². The minimum atomic E-state index is -0.929. The topological polar surface area (TPSA) is 66.8 Å². The first-order valence-corrected chi connectivity index (χ1v) is 11.0. The number of rotatable bonds is 4. The molecular weight excluding hydrogens is 485 g/mol. The van der Waals surface area contributed by atoms with Crippen LogP contribution in [0.25, 0.3) is 5.76 Å². The van der Waals surface area contributed by atoms with Crippen molar-refractivity contribution >= 4 is 57.9 Å². The molecule has 1 fully saturated rings. The Morgan fingerprint density at radius 3 is 2.30 bits per heavy atom. The maximum Gasteiger partial charge on any atom is 0.300 e. The zero-order valence-electron chi connectivity index (χ0n) is 17.6. The molecule has 1 heterocycles. The largest absolute Gasteiger partial charge is 0.507 e. The molecular formula is C25H18Cl3NO4. The van der Waals surface area contributed by atoms with Crippen molar-refractivity contribution in [2.24, 2.45) is 0 Å². The maximum absolute atomic E-state index is 13.3. The third-order valence-corrected chi connectivity index (χ3v) is 6.12. The van der Waals surface area contributed by atoms with Crippen LogP contribution >= 0.6 is 34.8 Å². The number of aryl methyl sites for hydroxylation is 1. The highest BCUT2D eigenvalue weighted by Gasteiger charge is 2.47. The maximum atomic E-state index is 13.3. The van der Waals surface area contributed by atoms with E-state index >= 15 is 0 Å². The van der Waals surface area contributed by atoms with Gasteiger partial charge in [0.05, 0.1) is 23.7 Å². The number of carbonyl (C=O) groups excluding carboxylic acids is 2. The highest BCUT2D eigenvalue weighted by atomic mass is 35.5. The second kappa shape index (κ2) is 9.10. The zero-order valence-corrected chi connectivity index (χ0v) is 19.9. The Hall–Kier alpha value is -2.99. The molecule has 4 rings (SSSR count). The summed E-state index contributed by atoms with van der Waals surface area (Å²) in [5.74, 6) is -1.64. The van der Waals surface area contributed by atoms with Gasteiger partial charge in [0.25, 0.3) is 11.7 Å². The molecule has 1 N–H and O–H groups in total. The van der Waals surface area contributed by atoms with Gasteiger partial charge in [-0.3, -0.25) is 14.5 Å². The van der Waals surface area contributed by atoms with Crippen LogP contribution in [0.5, 0.6) is 5.75 Å². The molecule has 8 heteroatoms. The van der Waals surface area contributed by atoms with E-state index in [4.69, 9.17) is 39.5 Å². The van der Waals surface area contributed by atoms with Gasteiger partial charge in [-0.1, -0.05) is 64.6 Å². The molecule has 168 valence electrons. The van der Waals surface area contributed by atoms with E-state index in [1.807, 2.05) is 25.1 Å². The molecule has 1 aliphatic rings. The van der Waals surface area contributed by atoms with Crippen molar-refractivity contribution in [3.05, 3.63) is 98.0 Å². The Morgan fingerprint density at radius 1 is 0.970 bits per heavy atom. The van der Waals surface area contributed by atoms with Crippen LogP contribution < -0.4 is 9.64 Å². The van der Waals surface area contributed by atoms with Gasteiger partial charge in [0.2, 0.25) is 0 Å². The number of ketones is 1. The van der Waals surface area contributed by atoms with Crippen molar-refractivity contribution in [3.8, 4) is 5.75 Å². The summed E-state index contributed by atoms with van der Waals surface area (Å²) in [6.07, 6.45) is 0. The van der Waals surface area contributed by atoms with Crippen LogP contribution in [0.3, 0.4) is 0 Å². The summed E-state index contributed by atoms with van der Waals surface area (Å²) in [7, 11) is 1.47. The van der Waals surface area contributed by atoms with Crippen molar-refractivity contribution in [2.45, 2.75) is 13.0 Å². The summed E-state index contributed by atoms with van der Waals surface area (Å²) in [5, 5.41) is 12.1. The number of nitrogens with zero attached hydrogens (tertiary/aromatic N) is 1. The van der Waals surface area contributed by atoms with Crippen molar-refractivity contribution in [1.29, 1.82) is 0 Å². The van der Waals surface area contributed by atoms with Crippen LogP contribution in [0.15, 0.2) is 66.2 Å². The Kier molecular flexibility index (Phi) is 6.39. The molecule has 0 radical (unpaired) electrons. The molecule has 1 unspecified atom stereocenters. The molecule has 1 saturated heterocycles. The zero-order chi connectivity index (χ0) is 23.9. The molecule has 3 aromatic carbocycles. The van der Waals surface area contributed by atoms with Crippen LogP contribution in [0.1, 0.15) is 22.7 Å². The summed E-state index contributed by atoms with van der Waals surface area (Å²) in [6.45, 7) is 1.89. The third-order valence-electron chi connectivity index (χ3n) is 5.36. The van der Waals surface area contributed by atoms with E-state index < -0.39 is 23.5 Å². The van der Waals surface area contributed by atoms with Gasteiger partial charge in [-0.15, -0.1) is 0 Å². The fraction of sp³-hybridized carbons (Fsp3) is 0.120. The minimum absolute atomic E-state index is 0.100. The Labute approximate surface area is 205 Å². The lowest BCUT2D eigenvalue weighted by Crippen LogP contribution is -2.29. The van der Waals surface area contributed by atoms with E-state index in [-0.39, 0.29) is 16.2 Å². The number of halogens is 3. The predicted molar refractivity (Wildman–Crippen MR) is 130 cm³/mol. The van der Waals surface area contributed by atoms with E-state index in [1.165, 1.54) is 24.1 Å². The van der Waals surface area contributed by atoms with Gasteiger partial charge >= 0.3 is 0 Å². The lowest BCUT2D eigenvalue weighted by Gasteiger charge is -2.26. The summed E-state index contributed by atoms with van der Waals surface area (Å²) in [6, 6.07) is 15.7. The number of hydrogen-bond donors (Lipinski definition) is 1.